The molecule has 0 aliphatic carbocycles. The molecule has 0 aliphatic rings. The molecule has 0 unspecified atom stereocenters. The van der Waals surface area contributed by atoms with E-state index in [9.17, 15) is 18.0 Å². The molecule has 0 aliphatic heterocycles. The molecule has 0 amide bonds. The van der Waals surface area contributed by atoms with E-state index in [1.807, 2.05) is 30.3 Å². The Morgan fingerprint density at radius 2 is 1.89 bits per heavy atom. The number of hydrogen-bond acceptors (Lipinski definition) is 3. The molecule has 0 atom stereocenters. The zero-order valence-corrected chi connectivity index (χ0v) is 14.6. The summed E-state index contributed by atoms with van der Waals surface area (Å²) < 4.78 is 45.5. The van der Waals surface area contributed by atoms with Crippen molar-refractivity contribution in [2.75, 3.05) is 6.61 Å². The first-order valence-electron chi connectivity index (χ1n) is 8.29. The fourth-order valence-electron chi connectivity index (χ4n) is 2.59. The van der Waals surface area contributed by atoms with E-state index in [1.54, 1.807) is 24.1 Å². The van der Waals surface area contributed by atoms with E-state index in [4.69, 9.17) is 4.74 Å². The molecule has 0 spiro atoms. The van der Waals surface area contributed by atoms with Gasteiger partial charge in [0, 0.05) is 36.6 Å². The lowest BCUT2D eigenvalue weighted by atomic mass is 10.1. The van der Waals surface area contributed by atoms with E-state index in [0.29, 0.717) is 17.7 Å². The molecular formula is C19H18F3N3O2. The van der Waals surface area contributed by atoms with Gasteiger partial charge in [-0.15, -0.1) is 0 Å². The Labute approximate surface area is 153 Å². The van der Waals surface area contributed by atoms with Gasteiger partial charge in [0.2, 0.25) is 0 Å². The van der Waals surface area contributed by atoms with Crippen LogP contribution in [0.1, 0.15) is 12.0 Å². The average Bonchev–Trinajstić information content (AvgIpc) is 3.06. The molecule has 1 aromatic carbocycles. The third kappa shape index (κ3) is 4.99. The van der Waals surface area contributed by atoms with Gasteiger partial charge in [-0.1, -0.05) is 30.3 Å². The summed E-state index contributed by atoms with van der Waals surface area (Å²) in [5.74, 6) is 0.113. The van der Waals surface area contributed by atoms with E-state index in [2.05, 4.69) is 5.10 Å². The predicted octanol–water partition coefficient (Wildman–Crippen LogP) is 3.63. The van der Waals surface area contributed by atoms with Crippen molar-refractivity contribution in [1.29, 1.82) is 0 Å². The lowest BCUT2D eigenvalue weighted by molar-refractivity contribution is -0.139. The van der Waals surface area contributed by atoms with Crippen LogP contribution in [0.2, 0.25) is 0 Å². The Balaban J connectivity index is 1.85. The van der Waals surface area contributed by atoms with E-state index in [-0.39, 0.29) is 11.3 Å². The van der Waals surface area contributed by atoms with Crippen LogP contribution in [0.5, 0.6) is 5.75 Å². The van der Waals surface area contributed by atoms with Crippen LogP contribution < -0.4 is 10.3 Å². The molecule has 0 bridgehead atoms. The summed E-state index contributed by atoms with van der Waals surface area (Å²) >= 11 is 0. The summed E-state index contributed by atoms with van der Waals surface area (Å²) in [6, 6.07) is 10.9. The number of rotatable bonds is 6. The molecule has 8 heteroatoms. The van der Waals surface area contributed by atoms with Crippen molar-refractivity contribution in [3.8, 4) is 16.9 Å². The van der Waals surface area contributed by atoms with Gasteiger partial charge in [0.05, 0.1) is 25.8 Å². The Bertz CT molecular complexity index is 962. The maximum absolute atomic E-state index is 12.4. The van der Waals surface area contributed by atoms with Gasteiger partial charge in [-0.2, -0.15) is 18.3 Å². The van der Waals surface area contributed by atoms with Gasteiger partial charge in [0.1, 0.15) is 5.75 Å². The second kappa shape index (κ2) is 7.69. The summed E-state index contributed by atoms with van der Waals surface area (Å²) in [4.78, 5) is 11.9. The van der Waals surface area contributed by atoms with Gasteiger partial charge < -0.3 is 9.30 Å². The molecule has 0 saturated carbocycles. The fourth-order valence-corrected chi connectivity index (χ4v) is 2.59. The van der Waals surface area contributed by atoms with Crippen molar-refractivity contribution in [2.45, 2.75) is 19.1 Å². The zero-order valence-electron chi connectivity index (χ0n) is 14.6. The van der Waals surface area contributed by atoms with E-state index in [1.165, 1.54) is 16.8 Å². The molecule has 142 valence electrons. The van der Waals surface area contributed by atoms with E-state index in [0.717, 1.165) is 5.56 Å². The van der Waals surface area contributed by atoms with Crippen LogP contribution in [0, 0.1) is 0 Å². The fraction of sp³-hybridized carbons (Fsp3) is 0.263. The number of halogens is 3. The van der Waals surface area contributed by atoms with Crippen LogP contribution in [0.25, 0.3) is 11.1 Å². The van der Waals surface area contributed by atoms with Crippen molar-refractivity contribution >= 4 is 0 Å². The number of nitrogens with zero attached hydrogens (tertiary/aromatic N) is 3. The number of aromatic nitrogens is 3. The number of alkyl halides is 3. The summed E-state index contributed by atoms with van der Waals surface area (Å²) in [7, 11) is 1.57. The Morgan fingerprint density at radius 3 is 2.59 bits per heavy atom. The second-order valence-corrected chi connectivity index (χ2v) is 6.13. The van der Waals surface area contributed by atoms with Gasteiger partial charge in [-0.25, -0.2) is 0 Å². The second-order valence-electron chi connectivity index (χ2n) is 6.13. The third-order valence-corrected chi connectivity index (χ3v) is 3.97. The number of ether oxygens (including phenoxy) is 1. The molecule has 5 nitrogen and oxygen atoms in total. The zero-order chi connectivity index (χ0) is 19.4. The monoisotopic (exact) mass is 377 g/mol. The van der Waals surface area contributed by atoms with Crippen molar-refractivity contribution in [1.82, 2.24) is 14.3 Å². The highest BCUT2D eigenvalue weighted by molar-refractivity contribution is 5.68. The molecule has 0 radical (unpaired) electrons. The number of benzene rings is 1. The number of aryl methyl sites for hydroxylation is 1. The molecule has 0 fully saturated rings. The Kier molecular flexibility index (Phi) is 5.34. The number of pyridine rings is 1. The highest BCUT2D eigenvalue weighted by Gasteiger charge is 2.27. The van der Waals surface area contributed by atoms with Crippen LogP contribution in [-0.2, 0) is 13.6 Å². The Morgan fingerprint density at radius 1 is 1.15 bits per heavy atom. The quantitative estimate of drug-likeness (QED) is 0.659. The maximum Gasteiger partial charge on any atom is 0.392 e. The first-order valence-corrected chi connectivity index (χ1v) is 8.29. The summed E-state index contributed by atoms with van der Waals surface area (Å²) in [6.07, 6.45) is -0.507. The normalized spacial score (nSPS) is 11.6. The van der Waals surface area contributed by atoms with Gasteiger partial charge in [-0.05, 0) is 5.56 Å². The highest BCUT2D eigenvalue weighted by atomic mass is 19.4. The van der Waals surface area contributed by atoms with Crippen molar-refractivity contribution in [2.24, 2.45) is 7.05 Å². The molecule has 0 saturated heterocycles. The molecule has 2 aromatic heterocycles. The largest absolute Gasteiger partial charge is 0.492 e. The Hall–Kier alpha value is -3.03. The minimum absolute atomic E-state index is 0.113. The van der Waals surface area contributed by atoms with Crippen LogP contribution in [0.15, 0.2) is 59.8 Å². The number of hydrogen-bond donors (Lipinski definition) is 0. The topological polar surface area (TPSA) is 49.0 Å². The van der Waals surface area contributed by atoms with Crippen LogP contribution in [-0.4, -0.2) is 27.1 Å². The summed E-state index contributed by atoms with van der Waals surface area (Å²) in [5, 5.41) is 4.29. The molecule has 3 aromatic rings. The predicted molar refractivity (Wildman–Crippen MR) is 94.6 cm³/mol. The minimum Gasteiger partial charge on any atom is -0.492 e. The summed E-state index contributed by atoms with van der Waals surface area (Å²) in [5.41, 5.74) is 1.87. The standard InChI is InChI=1S/C19H18F3N3O2/c1-24-13-16(17(9-18(24)26)27-8-7-19(20,21)22)15-10-23-25(12-15)11-14-5-3-2-4-6-14/h2-6,9-10,12-13H,7-8,11H2,1H3. The van der Waals surface area contributed by atoms with Gasteiger partial charge in [0.25, 0.3) is 5.56 Å². The smallest absolute Gasteiger partial charge is 0.392 e. The van der Waals surface area contributed by atoms with Crippen molar-refractivity contribution in [3.63, 3.8) is 0 Å². The van der Waals surface area contributed by atoms with E-state index < -0.39 is 19.2 Å². The third-order valence-electron chi connectivity index (χ3n) is 3.97. The van der Waals surface area contributed by atoms with Gasteiger partial charge in [-0.3, -0.25) is 9.48 Å². The van der Waals surface area contributed by atoms with Gasteiger partial charge in [0.15, 0.2) is 0 Å². The van der Waals surface area contributed by atoms with E-state index >= 15 is 0 Å². The SMILES string of the molecule is Cn1cc(-c2cnn(Cc3ccccc3)c2)c(OCCC(F)(F)F)cc1=O. The van der Waals surface area contributed by atoms with Crippen molar-refractivity contribution < 1.29 is 17.9 Å². The lowest BCUT2D eigenvalue weighted by Crippen LogP contribution is -2.18. The molecule has 0 N–H and O–H groups in total. The van der Waals surface area contributed by atoms with Crippen LogP contribution in [0.4, 0.5) is 13.2 Å². The average molecular weight is 377 g/mol. The van der Waals surface area contributed by atoms with Crippen LogP contribution >= 0.6 is 0 Å². The maximum atomic E-state index is 12.4. The molecular weight excluding hydrogens is 359 g/mol. The minimum atomic E-state index is -4.32. The highest BCUT2D eigenvalue weighted by Crippen LogP contribution is 2.29. The van der Waals surface area contributed by atoms with Gasteiger partial charge >= 0.3 is 6.18 Å². The summed E-state index contributed by atoms with van der Waals surface area (Å²) in [6.45, 7) is -0.00130. The molecule has 2 heterocycles. The first-order chi connectivity index (χ1) is 12.8. The first kappa shape index (κ1) is 18.8. The lowest BCUT2D eigenvalue weighted by Gasteiger charge is -2.12. The molecule has 3 rings (SSSR count). The molecule has 27 heavy (non-hydrogen) atoms. The van der Waals surface area contributed by atoms with Crippen LogP contribution in [0.3, 0.4) is 0 Å². The van der Waals surface area contributed by atoms with Crippen molar-refractivity contribution in [3.05, 3.63) is 70.9 Å².